The molecule has 8 heteroatoms. The second-order valence-corrected chi connectivity index (χ2v) is 8.26. The van der Waals surface area contributed by atoms with E-state index in [4.69, 9.17) is 5.73 Å². The van der Waals surface area contributed by atoms with E-state index in [-0.39, 0.29) is 0 Å². The highest BCUT2D eigenvalue weighted by Crippen LogP contribution is 2.48. The predicted octanol–water partition coefficient (Wildman–Crippen LogP) is 1.28. The van der Waals surface area contributed by atoms with Crippen LogP contribution in [0.5, 0.6) is 0 Å². The van der Waals surface area contributed by atoms with Gasteiger partial charge in [-0.2, -0.15) is 0 Å². The number of amides is 1. The molecule has 2 unspecified atom stereocenters. The highest BCUT2D eigenvalue weighted by molar-refractivity contribution is 6.02. The summed E-state index contributed by atoms with van der Waals surface area (Å²) in [6.07, 6.45) is 8.89. The standard InChI is InChI=1S/C22H26N6O2/c23-20(30)19-18(21-26-25-14-28(21)16-8-9-16)22(10-11-24-19,15-5-2-1-3-6-15)27-12-4-7-17(29)13-27/h1-3,5-6,10-11,14,16-17,24,29H,4,7-9,12-13H2,(H2,23,30). The van der Waals surface area contributed by atoms with Crippen LogP contribution in [0.25, 0.3) is 5.57 Å². The third-order valence-electron chi connectivity index (χ3n) is 6.28. The molecular weight excluding hydrogens is 380 g/mol. The molecule has 5 rings (SSSR count). The van der Waals surface area contributed by atoms with E-state index in [9.17, 15) is 9.90 Å². The van der Waals surface area contributed by atoms with Crippen molar-refractivity contribution in [3.8, 4) is 0 Å². The second kappa shape index (κ2) is 7.37. The molecule has 0 spiro atoms. The van der Waals surface area contributed by atoms with Crippen molar-refractivity contribution in [1.29, 1.82) is 0 Å². The summed E-state index contributed by atoms with van der Waals surface area (Å²) in [5.41, 5.74) is 7.06. The number of nitrogens with one attached hydrogen (secondary N) is 1. The zero-order valence-electron chi connectivity index (χ0n) is 16.7. The summed E-state index contributed by atoms with van der Waals surface area (Å²) >= 11 is 0. The number of carbonyl (C=O) groups is 1. The normalized spacial score (nSPS) is 27.2. The van der Waals surface area contributed by atoms with Crippen molar-refractivity contribution in [3.63, 3.8) is 0 Å². The number of dihydropyridines is 1. The Labute approximate surface area is 175 Å². The topological polar surface area (TPSA) is 109 Å². The second-order valence-electron chi connectivity index (χ2n) is 8.26. The first-order chi connectivity index (χ1) is 14.6. The molecule has 3 heterocycles. The van der Waals surface area contributed by atoms with Crippen LogP contribution in [0.3, 0.4) is 0 Å². The molecule has 3 aliphatic rings. The maximum atomic E-state index is 12.6. The zero-order valence-corrected chi connectivity index (χ0v) is 16.7. The molecule has 1 amide bonds. The van der Waals surface area contributed by atoms with Gasteiger partial charge in [0, 0.05) is 12.6 Å². The van der Waals surface area contributed by atoms with E-state index in [0.29, 0.717) is 29.7 Å². The van der Waals surface area contributed by atoms with Gasteiger partial charge in [-0.25, -0.2) is 0 Å². The van der Waals surface area contributed by atoms with Crippen molar-refractivity contribution in [2.75, 3.05) is 13.1 Å². The molecule has 30 heavy (non-hydrogen) atoms. The fourth-order valence-electron chi connectivity index (χ4n) is 4.76. The van der Waals surface area contributed by atoms with E-state index in [1.807, 2.05) is 36.4 Å². The van der Waals surface area contributed by atoms with Crippen molar-refractivity contribution in [3.05, 3.63) is 66.0 Å². The number of likely N-dealkylation sites (tertiary alicyclic amines) is 1. The highest BCUT2D eigenvalue weighted by Gasteiger charge is 2.48. The molecule has 1 saturated carbocycles. The Morgan fingerprint density at radius 2 is 2.03 bits per heavy atom. The number of hydrogen-bond donors (Lipinski definition) is 3. The largest absolute Gasteiger partial charge is 0.392 e. The Kier molecular flexibility index (Phi) is 4.67. The van der Waals surface area contributed by atoms with Crippen LogP contribution in [0, 0.1) is 0 Å². The number of piperidine rings is 1. The van der Waals surface area contributed by atoms with Crippen molar-refractivity contribution >= 4 is 11.5 Å². The predicted molar refractivity (Wildman–Crippen MR) is 112 cm³/mol. The van der Waals surface area contributed by atoms with Crippen LogP contribution in [0.1, 0.15) is 43.1 Å². The number of benzene rings is 1. The van der Waals surface area contributed by atoms with Gasteiger partial charge in [0.2, 0.25) is 0 Å². The smallest absolute Gasteiger partial charge is 0.265 e. The van der Waals surface area contributed by atoms with Crippen LogP contribution >= 0.6 is 0 Å². The van der Waals surface area contributed by atoms with E-state index in [0.717, 1.165) is 37.8 Å². The first-order valence-corrected chi connectivity index (χ1v) is 10.5. The van der Waals surface area contributed by atoms with E-state index < -0.39 is 17.6 Å². The minimum atomic E-state index is -0.794. The summed E-state index contributed by atoms with van der Waals surface area (Å²) < 4.78 is 2.05. The fraction of sp³-hybridized carbons (Fsp3) is 0.409. The van der Waals surface area contributed by atoms with Gasteiger partial charge in [-0.3, -0.25) is 9.69 Å². The van der Waals surface area contributed by atoms with Crippen molar-refractivity contribution < 1.29 is 9.90 Å². The van der Waals surface area contributed by atoms with Gasteiger partial charge in [-0.1, -0.05) is 30.3 Å². The lowest BCUT2D eigenvalue weighted by atomic mass is 9.76. The molecule has 0 radical (unpaired) electrons. The molecule has 1 aromatic heterocycles. The monoisotopic (exact) mass is 406 g/mol. The molecule has 2 fully saturated rings. The van der Waals surface area contributed by atoms with Crippen LogP contribution in [0.15, 0.2) is 54.6 Å². The SMILES string of the molecule is NC(=O)C1=C(c2nncn2C2CC2)C(c2ccccc2)(N2CCCC(O)C2)C=CN1. The Morgan fingerprint density at radius 1 is 1.23 bits per heavy atom. The van der Waals surface area contributed by atoms with E-state index in [2.05, 4.69) is 25.0 Å². The summed E-state index contributed by atoms with van der Waals surface area (Å²) in [6, 6.07) is 10.4. The summed E-state index contributed by atoms with van der Waals surface area (Å²) in [6.45, 7) is 1.27. The Balaban J connectivity index is 1.78. The lowest BCUT2D eigenvalue weighted by Gasteiger charge is -2.48. The first kappa shape index (κ1) is 19.0. The molecule has 156 valence electrons. The van der Waals surface area contributed by atoms with Crippen LogP contribution in [-0.4, -0.2) is 49.9 Å². The lowest BCUT2D eigenvalue weighted by Crippen LogP contribution is -2.54. The molecule has 8 nitrogen and oxygen atoms in total. The van der Waals surface area contributed by atoms with Crippen LogP contribution < -0.4 is 11.1 Å². The molecule has 1 aliphatic carbocycles. The molecule has 0 bridgehead atoms. The highest BCUT2D eigenvalue weighted by atomic mass is 16.3. The summed E-state index contributed by atoms with van der Waals surface area (Å²) in [5, 5.41) is 22.2. The maximum Gasteiger partial charge on any atom is 0.265 e. The van der Waals surface area contributed by atoms with E-state index in [1.165, 1.54) is 0 Å². The number of primary amides is 1. The average molecular weight is 406 g/mol. The summed E-state index contributed by atoms with van der Waals surface area (Å²) in [5.74, 6) is 0.102. The molecule has 1 saturated heterocycles. The number of aliphatic hydroxyl groups is 1. The van der Waals surface area contributed by atoms with Gasteiger partial charge < -0.3 is 20.7 Å². The molecular formula is C22H26N6O2. The zero-order chi connectivity index (χ0) is 20.7. The van der Waals surface area contributed by atoms with Crippen molar-refractivity contribution in [2.24, 2.45) is 5.73 Å². The fourth-order valence-corrected chi connectivity index (χ4v) is 4.76. The van der Waals surface area contributed by atoms with Gasteiger partial charge in [-0.05, 0) is 50.1 Å². The Morgan fingerprint density at radius 3 is 2.73 bits per heavy atom. The molecule has 2 aliphatic heterocycles. The van der Waals surface area contributed by atoms with Crippen molar-refractivity contribution in [1.82, 2.24) is 25.0 Å². The number of aromatic nitrogens is 3. The van der Waals surface area contributed by atoms with Crippen LogP contribution in [-0.2, 0) is 10.3 Å². The van der Waals surface area contributed by atoms with Gasteiger partial charge in [0.1, 0.15) is 12.0 Å². The number of β-amino-alcohol motifs (C(OH)–C–C–N with tert-alkyl or cyclic N) is 1. The quantitative estimate of drug-likeness (QED) is 0.690. The number of nitrogens with zero attached hydrogens (tertiary/aromatic N) is 4. The number of rotatable bonds is 5. The average Bonchev–Trinajstić information content (AvgIpc) is 3.50. The first-order valence-electron chi connectivity index (χ1n) is 10.5. The van der Waals surface area contributed by atoms with Crippen molar-refractivity contribution in [2.45, 2.75) is 43.4 Å². The van der Waals surface area contributed by atoms with Gasteiger partial charge in [-0.15, -0.1) is 10.2 Å². The summed E-state index contributed by atoms with van der Waals surface area (Å²) in [7, 11) is 0. The molecule has 1 aromatic carbocycles. The summed E-state index contributed by atoms with van der Waals surface area (Å²) in [4.78, 5) is 14.8. The molecule has 2 aromatic rings. The number of carbonyl (C=O) groups excluding carboxylic acids is 1. The van der Waals surface area contributed by atoms with Gasteiger partial charge >= 0.3 is 0 Å². The Hall–Kier alpha value is -2.97. The molecule has 4 N–H and O–H groups in total. The van der Waals surface area contributed by atoms with E-state index >= 15 is 0 Å². The van der Waals surface area contributed by atoms with Gasteiger partial charge in [0.25, 0.3) is 5.91 Å². The minimum Gasteiger partial charge on any atom is -0.392 e. The number of nitrogens with two attached hydrogens (primary N) is 1. The lowest BCUT2D eigenvalue weighted by molar-refractivity contribution is -0.114. The minimum absolute atomic E-state index is 0.316. The van der Waals surface area contributed by atoms with Crippen LogP contribution in [0.2, 0.25) is 0 Å². The van der Waals surface area contributed by atoms with Crippen LogP contribution in [0.4, 0.5) is 0 Å². The maximum absolute atomic E-state index is 12.6. The molecule has 2 atom stereocenters. The van der Waals surface area contributed by atoms with Gasteiger partial charge in [0.15, 0.2) is 5.82 Å². The third-order valence-corrected chi connectivity index (χ3v) is 6.28. The number of aliphatic hydroxyl groups excluding tert-OH is 1. The third kappa shape index (κ3) is 3.03. The van der Waals surface area contributed by atoms with Gasteiger partial charge in [0.05, 0.1) is 17.2 Å². The Bertz CT molecular complexity index is 1010. The number of hydrogen-bond acceptors (Lipinski definition) is 6. The van der Waals surface area contributed by atoms with E-state index in [1.54, 1.807) is 12.5 Å².